The van der Waals surface area contributed by atoms with Crippen LogP contribution in [0.25, 0.3) is 5.65 Å². The number of pyridine rings is 1. The van der Waals surface area contributed by atoms with E-state index in [0.717, 1.165) is 23.5 Å². The van der Waals surface area contributed by atoms with E-state index in [2.05, 4.69) is 10.3 Å². The first kappa shape index (κ1) is 16.0. The highest BCUT2D eigenvalue weighted by atomic mass is 19.4. The van der Waals surface area contributed by atoms with Gasteiger partial charge in [0.25, 0.3) is 0 Å². The fourth-order valence-corrected chi connectivity index (χ4v) is 2.45. The van der Waals surface area contributed by atoms with Crippen LogP contribution in [0.3, 0.4) is 0 Å². The molecule has 0 fully saturated rings. The van der Waals surface area contributed by atoms with Gasteiger partial charge in [0.15, 0.2) is 0 Å². The van der Waals surface area contributed by atoms with E-state index in [0.29, 0.717) is 5.69 Å². The van der Waals surface area contributed by atoms with Crippen LogP contribution in [-0.4, -0.2) is 15.3 Å². The molecule has 7 heteroatoms. The molecule has 0 radical (unpaired) electrons. The predicted molar refractivity (Wildman–Crippen MR) is 83.7 cm³/mol. The molecule has 0 saturated heterocycles. The van der Waals surface area contributed by atoms with Crippen LogP contribution in [0.4, 0.5) is 18.9 Å². The Bertz CT molecular complexity index is 869. The number of hydrogen-bond acceptors (Lipinski definition) is 2. The van der Waals surface area contributed by atoms with E-state index in [4.69, 9.17) is 0 Å². The Kier molecular flexibility index (Phi) is 4.01. The van der Waals surface area contributed by atoms with Crippen LogP contribution in [0.15, 0.2) is 54.9 Å². The summed E-state index contributed by atoms with van der Waals surface area (Å²) < 4.78 is 39.5. The third-order valence-corrected chi connectivity index (χ3v) is 3.78. The molecule has 0 aliphatic rings. The summed E-state index contributed by atoms with van der Waals surface area (Å²) in [7, 11) is 0. The van der Waals surface area contributed by atoms with E-state index in [9.17, 15) is 18.0 Å². The summed E-state index contributed by atoms with van der Waals surface area (Å²) in [5.74, 6) is -0.804. The number of aromatic nitrogens is 2. The quantitative estimate of drug-likeness (QED) is 0.784. The van der Waals surface area contributed by atoms with Crippen LogP contribution in [0.5, 0.6) is 0 Å². The number of carbonyl (C=O) groups excluding carboxylic acids is 1. The molecule has 4 nitrogen and oxygen atoms in total. The summed E-state index contributed by atoms with van der Waals surface area (Å²) in [5.41, 5.74) is 1.03. The van der Waals surface area contributed by atoms with Crippen LogP contribution in [0, 0.1) is 0 Å². The summed E-state index contributed by atoms with van der Waals surface area (Å²) >= 11 is 0. The van der Waals surface area contributed by atoms with Gasteiger partial charge in [0.1, 0.15) is 5.65 Å². The van der Waals surface area contributed by atoms with Gasteiger partial charge in [-0.2, -0.15) is 13.2 Å². The van der Waals surface area contributed by atoms with Crippen molar-refractivity contribution in [2.45, 2.75) is 19.0 Å². The van der Waals surface area contributed by atoms with E-state index in [-0.39, 0.29) is 5.91 Å². The third kappa shape index (κ3) is 3.10. The van der Waals surface area contributed by atoms with Crippen LogP contribution >= 0.6 is 0 Å². The van der Waals surface area contributed by atoms with E-state index in [1.165, 1.54) is 12.1 Å². The minimum Gasteiger partial charge on any atom is -0.326 e. The van der Waals surface area contributed by atoms with Crippen LogP contribution in [-0.2, 0) is 11.0 Å². The largest absolute Gasteiger partial charge is 0.416 e. The molecule has 1 unspecified atom stereocenters. The van der Waals surface area contributed by atoms with Gasteiger partial charge in [0.2, 0.25) is 5.91 Å². The minimum absolute atomic E-state index is 0.309. The van der Waals surface area contributed by atoms with Gasteiger partial charge in [-0.1, -0.05) is 6.07 Å². The predicted octanol–water partition coefficient (Wildman–Crippen LogP) is 4.10. The fourth-order valence-electron chi connectivity index (χ4n) is 2.45. The molecule has 0 spiro atoms. The second-order valence-electron chi connectivity index (χ2n) is 5.39. The molecule has 1 N–H and O–H groups in total. The summed E-state index contributed by atoms with van der Waals surface area (Å²) in [6.45, 7) is 1.73. The Hall–Kier alpha value is -2.83. The van der Waals surface area contributed by atoms with Gasteiger partial charge < -0.3 is 9.72 Å². The molecule has 2 heterocycles. The molecule has 0 aliphatic carbocycles. The monoisotopic (exact) mass is 333 g/mol. The first-order valence-electron chi connectivity index (χ1n) is 7.26. The summed E-state index contributed by atoms with van der Waals surface area (Å²) in [4.78, 5) is 16.6. The lowest BCUT2D eigenvalue weighted by atomic mass is 10.1. The van der Waals surface area contributed by atoms with Gasteiger partial charge in [0, 0.05) is 23.8 Å². The van der Waals surface area contributed by atoms with Gasteiger partial charge in [-0.15, -0.1) is 0 Å². The molecule has 0 bridgehead atoms. The van der Waals surface area contributed by atoms with Crippen molar-refractivity contribution in [2.24, 2.45) is 0 Å². The Morgan fingerprint density at radius 1 is 1.17 bits per heavy atom. The van der Waals surface area contributed by atoms with Crippen molar-refractivity contribution >= 4 is 17.2 Å². The zero-order chi connectivity index (χ0) is 17.3. The van der Waals surface area contributed by atoms with Crippen molar-refractivity contribution in [2.75, 3.05) is 5.32 Å². The van der Waals surface area contributed by atoms with Crippen molar-refractivity contribution in [3.8, 4) is 0 Å². The molecule has 0 saturated carbocycles. The number of anilines is 1. The van der Waals surface area contributed by atoms with Crippen molar-refractivity contribution in [1.82, 2.24) is 9.38 Å². The van der Waals surface area contributed by atoms with E-state index >= 15 is 0 Å². The van der Waals surface area contributed by atoms with E-state index in [1.807, 2.05) is 12.1 Å². The van der Waals surface area contributed by atoms with E-state index in [1.54, 1.807) is 29.8 Å². The number of imidazole rings is 1. The van der Waals surface area contributed by atoms with Gasteiger partial charge in [-0.25, -0.2) is 4.98 Å². The molecule has 24 heavy (non-hydrogen) atoms. The average Bonchev–Trinajstić information content (AvgIpc) is 3.02. The Morgan fingerprint density at radius 3 is 2.54 bits per heavy atom. The topological polar surface area (TPSA) is 46.4 Å². The molecule has 124 valence electrons. The zero-order valence-corrected chi connectivity index (χ0v) is 12.7. The maximum atomic E-state index is 12.6. The smallest absolute Gasteiger partial charge is 0.326 e. The number of nitrogens with one attached hydrogen (secondary N) is 1. The first-order chi connectivity index (χ1) is 11.4. The molecular weight excluding hydrogens is 319 g/mol. The maximum absolute atomic E-state index is 12.6. The number of fused-ring (bicyclic) bond motifs is 1. The lowest BCUT2D eigenvalue weighted by Gasteiger charge is -2.15. The second kappa shape index (κ2) is 5.99. The lowest BCUT2D eigenvalue weighted by molar-refractivity contribution is -0.137. The molecule has 2 aromatic heterocycles. The second-order valence-corrected chi connectivity index (χ2v) is 5.39. The molecular formula is C17H14F3N3O. The molecule has 1 atom stereocenters. The van der Waals surface area contributed by atoms with Gasteiger partial charge in [-0.3, -0.25) is 4.79 Å². The lowest BCUT2D eigenvalue weighted by Crippen LogP contribution is -2.20. The molecule has 3 rings (SSSR count). The summed E-state index contributed by atoms with van der Waals surface area (Å²) in [5, 5.41) is 2.64. The Labute approximate surface area is 135 Å². The number of nitrogens with zero attached hydrogens (tertiary/aromatic N) is 2. The molecule has 3 aromatic rings. The number of hydrogen-bond donors (Lipinski definition) is 1. The van der Waals surface area contributed by atoms with Crippen LogP contribution in [0.2, 0.25) is 0 Å². The van der Waals surface area contributed by atoms with Gasteiger partial charge in [-0.05, 0) is 43.3 Å². The van der Waals surface area contributed by atoms with Crippen LogP contribution < -0.4 is 5.32 Å². The van der Waals surface area contributed by atoms with Crippen molar-refractivity contribution < 1.29 is 18.0 Å². The fraction of sp³-hybridized carbons (Fsp3) is 0.176. The number of benzene rings is 1. The van der Waals surface area contributed by atoms with Crippen molar-refractivity contribution in [1.29, 1.82) is 0 Å². The molecule has 1 amide bonds. The van der Waals surface area contributed by atoms with Crippen molar-refractivity contribution in [3.63, 3.8) is 0 Å². The number of carbonyl (C=O) groups is 1. The first-order valence-corrected chi connectivity index (χ1v) is 7.26. The highest BCUT2D eigenvalue weighted by Crippen LogP contribution is 2.30. The van der Waals surface area contributed by atoms with Gasteiger partial charge in [0.05, 0.1) is 11.5 Å². The maximum Gasteiger partial charge on any atom is 0.416 e. The number of rotatable bonds is 3. The minimum atomic E-state index is -4.40. The molecule has 0 aliphatic heterocycles. The number of amides is 1. The Morgan fingerprint density at radius 2 is 1.88 bits per heavy atom. The zero-order valence-electron chi connectivity index (χ0n) is 12.7. The normalized spacial score (nSPS) is 13.0. The third-order valence-electron chi connectivity index (χ3n) is 3.78. The van der Waals surface area contributed by atoms with Gasteiger partial charge >= 0.3 is 6.18 Å². The number of halogens is 3. The van der Waals surface area contributed by atoms with Crippen molar-refractivity contribution in [3.05, 3.63) is 66.1 Å². The summed E-state index contributed by atoms with van der Waals surface area (Å²) in [6, 6.07) is 9.81. The molecule has 1 aromatic carbocycles. The standard InChI is InChI=1S/C17H14F3N3O/c1-11(14-3-2-4-15-21-9-10-23(14)15)16(24)22-13-7-5-12(6-8-13)17(18,19)20/h2-11H,1H3,(H,22,24). The average molecular weight is 333 g/mol. The van der Waals surface area contributed by atoms with E-state index < -0.39 is 17.7 Å². The highest BCUT2D eigenvalue weighted by molar-refractivity contribution is 5.95. The highest BCUT2D eigenvalue weighted by Gasteiger charge is 2.30. The number of alkyl halides is 3. The SMILES string of the molecule is CC(C(=O)Nc1ccc(C(F)(F)F)cc1)c1cccc2nccn12. The summed E-state index contributed by atoms with van der Waals surface area (Å²) in [6.07, 6.45) is -1.00. The van der Waals surface area contributed by atoms with Crippen LogP contribution in [0.1, 0.15) is 24.1 Å². The Balaban J connectivity index is 1.78.